The molecule has 0 aliphatic carbocycles. The molecule has 0 spiro atoms. The fourth-order valence-corrected chi connectivity index (χ4v) is 2.17. The zero-order valence-electron chi connectivity index (χ0n) is 11.2. The van der Waals surface area contributed by atoms with Crippen LogP contribution in [-0.4, -0.2) is 13.6 Å². The van der Waals surface area contributed by atoms with E-state index in [1.54, 1.807) is 12.1 Å². The van der Waals surface area contributed by atoms with Crippen LogP contribution >= 0.6 is 0 Å². The predicted octanol–water partition coefficient (Wildman–Crippen LogP) is 3.96. The summed E-state index contributed by atoms with van der Waals surface area (Å²) in [5.74, 6) is 1.04. The van der Waals surface area contributed by atoms with Crippen molar-refractivity contribution >= 4 is 0 Å². The molecular formula is C15H24FN. The van der Waals surface area contributed by atoms with Gasteiger partial charge in [0.05, 0.1) is 0 Å². The van der Waals surface area contributed by atoms with Crippen molar-refractivity contribution in [3.05, 3.63) is 35.6 Å². The number of nitrogens with one attached hydrogen (secondary N) is 1. The quantitative estimate of drug-likeness (QED) is 0.757. The summed E-state index contributed by atoms with van der Waals surface area (Å²) in [6.45, 7) is 5.41. The van der Waals surface area contributed by atoms with Crippen molar-refractivity contribution in [1.82, 2.24) is 5.32 Å². The Kier molecular flexibility index (Phi) is 6.20. The topological polar surface area (TPSA) is 12.0 Å². The second-order valence-corrected chi connectivity index (χ2v) is 5.13. The highest BCUT2D eigenvalue weighted by Crippen LogP contribution is 2.23. The number of benzene rings is 1. The summed E-state index contributed by atoms with van der Waals surface area (Å²) in [7, 11) is 1.95. The molecule has 1 nitrogen and oxygen atoms in total. The molecule has 1 aromatic rings. The van der Waals surface area contributed by atoms with Crippen molar-refractivity contribution in [1.29, 1.82) is 0 Å². The summed E-state index contributed by atoms with van der Waals surface area (Å²) in [4.78, 5) is 0. The van der Waals surface area contributed by atoms with E-state index in [0.29, 0.717) is 5.92 Å². The normalized spacial score (nSPS) is 13.0. The largest absolute Gasteiger partial charge is 0.319 e. The van der Waals surface area contributed by atoms with E-state index in [0.717, 1.165) is 24.4 Å². The van der Waals surface area contributed by atoms with Gasteiger partial charge < -0.3 is 5.32 Å². The Balaban J connectivity index is 2.58. The molecule has 1 rings (SSSR count). The molecule has 0 aliphatic heterocycles. The van der Waals surface area contributed by atoms with Gasteiger partial charge in [-0.3, -0.25) is 0 Å². The third-order valence-electron chi connectivity index (χ3n) is 3.10. The average Bonchev–Trinajstić information content (AvgIpc) is 2.27. The lowest BCUT2D eigenvalue weighted by atomic mass is 9.92. The molecule has 0 aromatic heterocycles. The molecule has 0 amide bonds. The van der Waals surface area contributed by atoms with Crippen molar-refractivity contribution < 1.29 is 4.39 Å². The first kappa shape index (κ1) is 14.2. The van der Waals surface area contributed by atoms with E-state index < -0.39 is 0 Å². The van der Waals surface area contributed by atoms with Crippen LogP contribution in [-0.2, 0) is 0 Å². The predicted molar refractivity (Wildman–Crippen MR) is 71.8 cm³/mol. The lowest BCUT2D eigenvalue weighted by Gasteiger charge is -2.17. The number of rotatable bonds is 7. The highest BCUT2D eigenvalue weighted by molar-refractivity contribution is 5.21. The molecule has 2 heteroatoms. The van der Waals surface area contributed by atoms with Crippen LogP contribution in [0.25, 0.3) is 0 Å². The van der Waals surface area contributed by atoms with Crippen LogP contribution in [0.4, 0.5) is 4.39 Å². The highest BCUT2D eigenvalue weighted by atomic mass is 19.1. The Bertz CT molecular complexity index is 322. The molecule has 0 saturated heterocycles. The van der Waals surface area contributed by atoms with Crippen molar-refractivity contribution in [2.45, 2.75) is 39.0 Å². The molecular weight excluding hydrogens is 213 g/mol. The number of hydrogen-bond donors (Lipinski definition) is 1. The summed E-state index contributed by atoms with van der Waals surface area (Å²) >= 11 is 0. The van der Waals surface area contributed by atoms with Gasteiger partial charge in [0.2, 0.25) is 0 Å². The molecule has 1 unspecified atom stereocenters. The lowest BCUT2D eigenvalue weighted by molar-refractivity contribution is 0.488. The van der Waals surface area contributed by atoms with Crippen molar-refractivity contribution in [3.8, 4) is 0 Å². The Morgan fingerprint density at radius 2 is 2.00 bits per heavy atom. The molecule has 1 N–H and O–H groups in total. The summed E-state index contributed by atoms with van der Waals surface area (Å²) < 4.78 is 13.2. The van der Waals surface area contributed by atoms with E-state index >= 15 is 0 Å². The fourth-order valence-electron chi connectivity index (χ4n) is 2.17. The third kappa shape index (κ3) is 5.31. The smallest absolute Gasteiger partial charge is 0.123 e. The van der Waals surface area contributed by atoms with E-state index in [4.69, 9.17) is 0 Å². The van der Waals surface area contributed by atoms with Crippen molar-refractivity contribution in [3.63, 3.8) is 0 Å². The van der Waals surface area contributed by atoms with Crippen LogP contribution in [0, 0.1) is 11.7 Å². The summed E-state index contributed by atoms with van der Waals surface area (Å²) in [6, 6.07) is 7.00. The molecule has 0 saturated carbocycles. The summed E-state index contributed by atoms with van der Waals surface area (Å²) in [5, 5.41) is 3.20. The zero-order chi connectivity index (χ0) is 12.7. The molecule has 17 heavy (non-hydrogen) atoms. The molecule has 0 fully saturated rings. The molecule has 1 aromatic carbocycles. The Hall–Kier alpha value is -0.890. The number of likely N-dealkylation sites (N-methyl/N-ethyl adjacent to an activating group) is 1. The molecule has 96 valence electrons. The molecule has 1 atom stereocenters. The SMILES string of the molecule is CNCC(CCCC(C)C)c1cccc(F)c1. The first-order valence-corrected chi connectivity index (χ1v) is 6.53. The van der Waals surface area contributed by atoms with Crippen molar-refractivity contribution in [2.24, 2.45) is 5.92 Å². The highest BCUT2D eigenvalue weighted by Gasteiger charge is 2.11. The maximum Gasteiger partial charge on any atom is 0.123 e. The number of halogens is 1. The van der Waals surface area contributed by atoms with Gasteiger partial charge in [0, 0.05) is 6.54 Å². The van der Waals surface area contributed by atoms with Crippen molar-refractivity contribution in [2.75, 3.05) is 13.6 Å². The Morgan fingerprint density at radius 3 is 2.59 bits per heavy atom. The first-order valence-electron chi connectivity index (χ1n) is 6.53. The third-order valence-corrected chi connectivity index (χ3v) is 3.10. The second-order valence-electron chi connectivity index (χ2n) is 5.13. The number of hydrogen-bond acceptors (Lipinski definition) is 1. The maximum atomic E-state index is 13.2. The van der Waals surface area contributed by atoms with Gasteiger partial charge >= 0.3 is 0 Å². The summed E-state index contributed by atoms with van der Waals surface area (Å²) in [5.41, 5.74) is 1.11. The molecule has 0 heterocycles. The van der Waals surface area contributed by atoms with Crippen LogP contribution in [0.15, 0.2) is 24.3 Å². The maximum absolute atomic E-state index is 13.2. The minimum Gasteiger partial charge on any atom is -0.319 e. The monoisotopic (exact) mass is 237 g/mol. The van der Waals surface area contributed by atoms with Crippen LogP contribution < -0.4 is 5.32 Å². The van der Waals surface area contributed by atoms with Crippen LogP contribution in [0.5, 0.6) is 0 Å². The van der Waals surface area contributed by atoms with Gasteiger partial charge in [-0.15, -0.1) is 0 Å². The van der Waals surface area contributed by atoms with E-state index in [1.165, 1.54) is 18.9 Å². The molecule has 0 aliphatic rings. The molecule has 0 bridgehead atoms. The minimum atomic E-state index is -0.132. The standard InChI is InChI=1S/C15H24FN/c1-12(2)6-4-8-14(11-17-3)13-7-5-9-15(16)10-13/h5,7,9-10,12,14,17H,4,6,8,11H2,1-3H3. The van der Waals surface area contributed by atoms with E-state index in [9.17, 15) is 4.39 Å². The van der Waals surface area contributed by atoms with Gasteiger partial charge in [-0.25, -0.2) is 4.39 Å². The zero-order valence-corrected chi connectivity index (χ0v) is 11.2. The first-order chi connectivity index (χ1) is 8.13. The van der Waals surface area contributed by atoms with Crippen LogP contribution in [0.2, 0.25) is 0 Å². The van der Waals surface area contributed by atoms with Crippen LogP contribution in [0.1, 0.15) is 44.6 Å². The second kappa shape index (κ2) is 7.44. The lowest BCUT2D eigenvalue weighted by Crippen LogP contribution is -2.17. The van der Waals surface area contributed by atoms with E-state index in [-0.39, 0.29) is 5.82 Å². The Labute approximate surface area is 104 Å². The van der Waals surface area contributed by atoms with Crippen LogP contribution in [0.3, 0.4) is 0 Å². The van der Waals surface area contributed by atoms with Gasteiger partial charge in [0.15, 0.2) is 0 Å². The van der Waals surface area contributed by atoms with Gasteiger partial charge in [-0.1, -0.05) is 38.8 Å². The van der Waals surface area contributed by atoms with Gasteiger partial charge in [-0.05, 0) is 43.0 Å². The van der Waals surface area contributed by atoms with E-state index in [2.05, 4.69) is 19.2 Å². The summed E-state index contributed by atoms with van der Waals surface area (Å²) in [6.07, 6.45) is 3.58. The van der Waals surface area contributed by atoms with Gasteiger partial charge in [0.25, 0.3) is 0 Å². The average molecular weight is 237 g/mol. The van der Waals surface area contributed by atoms with Gasteiger partial charge in [-0.2, -0.15) is 0 Å². The minimum absolute atomic E-state index is 0.132. The Morgan fingerprint density at radius 1 is 1.24 bits per heavy atom. The fraction of sp³-hybridized carbons (Fsp3) is 0.600. The molecule has 0 radical (unpaired) electrons. The van der Waals surface area contributed by atoms with E-state index in [1.807, 2.05) is 13.1 Å². The van der Waals surface area contributed by atoms with Gasteiger partial charge in [0.1, 0.15) is 5.82 Å².